The molecule has 164 valence electrons. The first-order valence-electron chi connectivity index (χ1n) is 10.9. The highest BCUT2D eigenvalue weighted by Crippen LogP contribution is 2.46. The summed E-state index contributed by atoms with van der Waals surface area (Å²) in [4.78, 5) is 40.8. The molecule has 0 spiro atoms. The van der Waals surface area contributed by atoms with Crippen LogP contribution in [0.5, 0.6) is 0 Å². The minimum absolute atomic E-state index is 0.293. The van der Waals surface area contributed by atoms with Gasteiger partial charge in [0.15, 0.2) is 17.3 Å². The third-order valence-electron chi connectivity index (χ3n) is 6.29. The van der Waals surface area contributed by atoms with Gasteiger partial charge in [0.2, 0.25) is 0 Å². The molecule has 0 unspecified atom stereocenters. The smallest absolute Gasteiger partial charge is 0.160 e. The molecule has 3 rings (SSSR count). The second-order valence-corrected chi connectivity index (χ2v) is 11.3. The van der Waals surface area contributed by atoms with E-state index in [1.165, 1.54) is 4.90 Å². The summed E-state index contributed by atoms with van der Waals surface area (Å²) in [6.45, 7) is 13.0. The van der Waals surface area contributed by atoms with Crippen LogP contribution >= 0.6 is 11.8 Å². The summed E-state index contributed by atoms with van der Waals surface area (Å²) in [5.74, 6) is -1.79. The molecule has 2 aromatic rings. The third-order valence-corrected chi connectivity index (χ3v) is 7.30. The van der Waals surface area contributed by atoms with E-state index in [9.17, 15) is 14.4 Å². The van der Waals surface area contributed by atoms with Crippen LogP contribution in [0.4, 0.5) is 0 Å². The van der Waals surface area contributed by atoms with Crippen molar-refractivity contribution in [3.63, 3.8) is 0 Å². The number of benzene rings is 2. The van der Waals surface area contributed by atoms with Gasteiger partial charge in [-0.2, -0.15) is 0 Å². The quantitative estimate of drug-likeness (QED) is 0.409. The first kappa shape index (κ1) is 23.5. The summed E-state index contributed by atoms with van der Waals surface area (Å²) in [6, 6.07) is 14.4. The van der Waals surface area contributed by atoms with Crippen LogP contribution in [0.1, 0.15) is 65.5 Å². The van der Waals surface area contributed by atoms with Crippen molar-refractivity contribution >= 4 is 29.1 Å². The van der Waals surface area contributed by atoms with Crippen LogP contribution in [-0.2, 0) is 20.8 Å². The number of carbonyl (C=O) groups is 3. The summed E-state index contributed by atoms with van der Waals surface area (Å²) >= 11 is 1.81. The van der Waals surface area contributed by atoms with Gasteiger partial charge in [-0.3, -0.25) is 14.4 Å². The lowest BCUT2D eigenvalue weighted by atomic mass is 9.57. The zero-order chi connectivity index (χ0) is 23.1. The largest absolute Gasteiger partial charge is 0.298 e. The first-order chi connectivity index (χ1) is 14.4. The van der Waals surface area contributed by atoms with Crippen molar-refractivity contribution < 1.29 is 14.4 Å². The van der Waals surface area contributed by atoms with Crippen LogP contribution in [0, 0.1) is 10.8 Å². The predicted molar refractivity (Wildman–Crippen MR) is 128 cm³/mol. The molecule has 3 nitrogen and oxygen atoms in total. The molecule has 0 amide bonds. The lowest BCUT2D eigenvalue weighted by molar-refractivity contribution is -0.157. The molecule has 0 heterocycles. The van der Waals surface area contributed by atoms with Crippen LogP contribution in [-0.4, -0.2) is 22.6 Å². The molecule has 1 aliphatic rings. The molecular formula is C27H32O3S. The average Bonchev–Trinajstić information content (AvgIpc) is 2.72. The maximum Gasteiger partial charge on any atom is 0.160 e. The van der Waals surface area contributed by atoms with Gasteiger partial charge in [0, 0.05) is 10.1 Å². The molecule has 0 bridgehead atoms. The Morgan fingerprint density at radius 2 is 1.35 bits per heavy atom. The fourth-order valence-electron chi connectivity index (χ4n) is 4.49. The van der Waals surface area contributed by atoms with Crippen LogP contribution < -0.4 is 0 Å². The SMILES string of the molecule is CCc1ccc(-c2ccc(SC(C)C)cc2)cc1C1C(=O)C(C)(C)C(=O)C(C)(C)C1=O. The first-order valence-corrected chi connectivity index (χ1v) is 11.8. The van der Waals surface area contributed by atoms with Gasteiger partial charge in [0.25, 0.3) is 0 Å². The topological polar surface area (TPSA) is 51.2 Å². The van der Waals surface area contributed by atoms with E-state index < -0.39 is 16.7 Å². The van der Waals surface area contributed by atoms with Gasteiger partial charge in [-0.15, -0.1) is 11.8 Å². The van der Waals surface area contributed by atoms with Gasteiger partial charge in [-0.1, -0.05) is 45.0 Å². The molecule has 2 aromatic carbocycles. The molecule has 0 N–H and O–H groups in total. The summed E-state index contributed by atoms with van der Waals surface area (Å²) in [7, 11) is 0. The molecule has 31 heavy (non-hydrogen) atoms. The highest BCUT2D eigenvalue weighted by molar-refractivity contribution is 7.99. The summed E-state index contributed by atoms with van der Waals surface area (Å²) in [5, 5.41) is 0.513. The molecule has 0 radical (unpaired) electrons. The molecule has 0 aromatic heterocycles. The van der Waals surface area contributed by atoms with Crippen LogP contribution in [0.25, 0.3) is 11.1 Å². The van der Waals surface area contributed by atoms with E-state index in [0.717, 1.165) is 22.3 Å². The molecular weight excluding hydrogens is 404 g/mol. The highest BCUT2D eigenvalue weighted by Gasteiger charge is 2.58. The van der Waals surface area contributed by atoms with E-state index in [1.54, 1.807) is 27.7 Å². The Labute approximate surface area is 190 Å². The fraction of sp³-hybridized carbons (Fsp3) is 0.444. The minimum atomic E-state index is -1.18. The van der Waals surface area contributed by atoms with Gasteiger partial charge >= 0.3 is 0 Å². The van der Waals surface area contributed by atoms with Gasteiger partial charge in [-0.25, -0.2) is 0 Å². The third kappa shape index (κ3) is 4.15. The van der Waals surface area contributed by atoms with Crippen molar-refractivity contribution in [2.45, 2.75) is 71.0 Å². The molecule has 1 aliphatic carbocycles. The van der Waals surface area contributed by atoms with E-state index in [4.69, 9.17) is 0 Å². The van der Waals surface area contributed by atoms with Gasteiger partial charge in [0.1, 0.15) is 5.92 Å². The maximum atomic E-state index is 13.4. The Kier molecular flexibility index (Phi) is 6.35. The van der Waals surface area contributed by atoms with Crippen LogP contribution in [0.3, 0.4) is 0 Å². The monoisotopic (exact) mass is 436 g/mol. The van der Waals surface area contributed by atoms with Crippen molar-refractivity contribution in [3.05, 3.63) is 53.6 Å². The van der Waals surface area contributed by atoms with E-state index in [0.29, 0.717) is 11.7 Å². The van der Waals surface area contributed by atoms with E-state index in [1.807, 2.05) is 36.9 Å². The predicted octanol–water partition coefficient (Wildman–Crippen LogP) is 6.27. The van der Waals surface area contributed by atoms with Crippen molar-refractivity contribution in [3.8, 4) is 11.1 Å². The van der Waals surface area contributed by atoms with Crippen molar-refractivity contribution in [1.82, 2.24) is 0 Å². The van der Waals surface area contributed by atoms with Gasteiger partial charge in [-0.05, 0) is 74.6 Å². The lowest BCUT2D eigenvalue weighted by Crippen LogP contribution is -2.56. The second-order valence-electron chi connectivity index (χ2n) is 9.70. The molecule has 0 atom stereocenters. The van der Waals surface area contributed by atoms with Crippen LogP contribution in [0.15, 0.2) is 47.4 Å². The lowest BCUT2D eigenvalue weighted by Gasteiger charge is -2.41. The van der Waals surface area contributed by atoms with Gasteiger partial charge < -0.3 is 0 Å². The Morgan fingerprint density at radius 1 is 0.839 bits per heavy atom. The van der Waals surface area contributed by atoms with E-state index in [-0.39, 0.29) is 17.3 Å². The number of rotatable bonds is 5. The Morgan fingerprint density at radius 3 is 1.84 bits per heavy atom. The standard InChI is InChI=1S/C27H32O3S/c1-8-17-9-10-19(18-11-13-20(14-12-18)31-16(2)3)15-21(17)22-23(28)26(4,5)25(30)27(6,7)24(22)29/h9-16,22H,8H2,1-7H3. The number of carbonyl (C=O) groups excluding carboxylic acids is 3. The molecule has 4 heteroatoms. The van der Waals surface area contributed by atoms with Crippen LogP contribution in [0.2, 0.25) is 0 Å². The summed E-state index contributed by atoms with van der Waals surface area (Å²) < 4.78 is 0. The number of Topliss-reactive ketones (excluding diaryl/α,β-unsaturated/α-hetero) is 3. The number of hydrogen-bond acceptors (Lipinski definition) is 4. The summed E-state index contributed by atoms with van der Waals surface area (Å²) in [6.07, 6.45) is 0.714. The Hall–Kier alpha value is -2.20. The van der Waals surface area contributed by atoms with Crippen molar-refractivity contribution in [1.29, 1.82) is 0 Å². The highest BCUT2D eigenvalue weighted by atomic mass is 32.2. The number of ketones is 3. The normalized spacial score (nSPS) is 18.6. The average molecular weight is 437 g/mol. The van der Waals surface area contributed by atoms with E-state index in [2.05, 4.69) is 38.1 Å². The fourth-order valence-corrected chi connectivity index (χ4v) is 5.33. The molecule has 0 aliphatic heterocycles. The van der Waals surface area contributed by atoms with Crippen molar-refractivity contribution in [2.24, 2.45) is 10.8 Å². The number of aryl methyl sites for hydroxylation is 1. The van der Waals surface area contributed by atoms with Crippen molar-refractivity contribution in [2.75, 3.05) is 0 Å². The molecule has 1 fully saturated rings. The Balaban J connectivity index is 2.10. The molecule has 1 saturated carbocycles. The maximum absolute atomic E-state index is 13.4. The zero-order valence-electron chi connectivity index (χ0n) is 19.5. The number of hydrogen-bond donors (Lipinski definition) is 0. The summed E-state index contributed by atoms with van der Waals surface area (Å²) in [5.41, 5.74) is 1.37. The molecule has 0 saturated heterocycles. The number of thioether (sulfide) groups is 1. The second kappa shape index (κ2) is 8.38. The van der Waals surface area contributed by atoms with Gasteiger partial charge in [0.05, 0.1) is 10.8 Å². The van der Waals surface area contributed by atoms with E-state index >= 15 is 0 Å². The zero-order valence-corrected chi connectivity index (χ0v) is 20.4. The minimum Gasteiger partial charge on any atom is -0.298 e. The Bertz CT molecular complexity index is 999.